The van der Waals surface area contributed by atoms with Gasteiger partial charge in [-0.05, 0) is 19.9 Å². The molecule has 0 radical (unpaired) electrons. The second-order valence-corrected chi connectivity index (χ2v) is 3.34. The van der Waals surface area contributed by atoms with Gasteiger partial charge in [-0.25, -0.2) is 4.79 Å². The summed E-state index contributed by atoms with van der Waals surface area (Å²) in [6.45, 7) is 3.33. The third kappa shape index (κ3) is 2.56. The van der Waals surface area contributed by atoms with Gasteiger partial charge in [-0.1, -0.05) is 0 Å². The van der Waals surface area contributed by atoms with E-state index in [2.05, 4.69) is 4.74 Å². The van der Waals surface area contributed by atoms with Gasteiger partial charge in [-0.15, -0.1) is 0 Å². The maximum Gasteiger partial charge on any atom is 0.374 e. The number of hydrogen-bond donors (Lipinski definition) is 0. The minimum Gasteiger partial charge on any atom is -0.466 e. The van der Waals surface area contributed by atoms with Crippen molar-refractivity contribution in [1.29, 1.82) is 0 Å². The summed E-state index contributed by atoms with van der Waals surface area (Å²) < 4.78 is 9.38. The normalized spacial score (nSPS) is 9.94. The van der Waals surface area contributed by atoms with Crippen LogP contribution < -0.4 is 0 Å². The van der Waals surface area contributed by atoms with Crippen LogP contribution in [-0.2, 0) is 14.3 Å². The van der Waals surface area contributed by atoms with Crippen LogP contribution in [0.3, 0.4) is 0 Å². The molecule has 0 bridgehead atoms. The molecule has 16 heavy (non-hydrogen) atoms. The monoisotopic (exact) mass is 224 g/mol. The summed E-state index contributed by atoms with van der Waals surface area (Å²) in [6.07, 6.45) is -0.494. The molecule has 86 valence electrons. The van der Waals surface area contributed by atoms with Gasteiger partial charge in [0.2, 0.25) is 5.78 Å². The average Bonchev–Trinajstić information content (AvgIpc) is 2.56. The second kappa shape index (κ2) is 4.74. The van der Waals surface area contributed by atoms with E-state index in [0.717, 1.165) is 7.11 Å². The van der Waals surface area contributed by atoms with Gasteiger partial charge in [0.1, 0.15) is 11.5 Å². The van der Waals surface area contributed by atoms with Crippen molar-refractivity contribution in [3.63, 3.8) is 0 Å². The summed E-state index contributed by atoms with van der Waals surface area (Å²) in [5.41, 5.74) is 0.328. The van der Waals surface area contributed by atoms with Gasteiger partial charge in [-0.3, -0.25) is 9.59 Å². The van der Waals surface area contributed by atoms with E-state index < -0.39 is 24.0 Å². The second-order valence-electron chi connectivity index (χ2n) is 3.34. The molecule has 1 aromatic heterocycles. The largest absolute Gasteiger partial charge is 0.466 e. The first-order chi connectivity index (χ1) is 7.45. The smallest absolute Gasteiger partial charge is 0.374 e. The zero-order chi connectivity index (χ0) is 12.3. The van der Waals surface area contributed by atoms with Crippen LogP contribution in [0.1, 0.15) is 28.3 Å². The molecule has 0 atom stereocenters. The molecule has 0 unspecified atom stereocenters. The van der Waals surface area contributed by atoms with Gasteiger partial charge < -0.3 is 9.15 Å². The number of esters is 1. The number of hydrogen-bond acceptors (Lipinski definition) is 5. The van der Waals surface area contributed by atoms with Gasteiger partial charge in [0.25, 0.3) is 0 Å². The number of methoxy groups -OCH3 is 1. The molecule has 0 spiro atoms. The minimum atomic E-state index is -1.01. The highest BCUT2D eigenvalue weighted by Crippen LogP contribution is 2.15. The first kappa shape index (κ1) is 12.2. The van der Waals surface area contributed by atoms with Crippen molar-refractivity contribution < 1.29 is 23.5 Å². The molecule has 0 N–H and O–H groups in total. The van der Waals surface area contributed by atoms with Crippen molar-refractivity contribution in [2.75, 3.05) is 7.11 Å². The van der Waals surface area contributed by atoms with Crippen molar-refractivity contribution in [2.45, 2.75) is 20.3 Å². The number of ketones is 2. The van der Waals surface area contributed by atoms with E-state index in [1.807, 2.05) is 0 Å². The summed E-state index contributed by atoms with van der Waals surface area (Å²) in [6, 6.07) is 1.54. The molecular formula is C11H12O5. The molecule has 0 amide bonds. The fourth-order valence-electron chi connectivity index (χ4n) is 1.33. The number of rotatable bonds is 4. The Labute approximate surface area is 92.4 Å². The molecule has 0 aromatic carbocycles. The Kier molecular flexibility index (Phi) is 3.60. The Balaban J connectivity index is 2.77. The van der Waals surface area contributed by atoms with Crippen molar-refractivity contribution in [3.05, 3.63) is 23.2 Å². The molecule has 5 nitrogen and oxygen atoms in total. The topological polar surface area (TPSA) is 73.6 Å². The lowest BCUT2D eigenvalue weighted by Crippen LogP contribution is -2.19. The van der Waals surface area contributed by atoms with Crippen molar-refractivity contribution >= 4 is 17.5 Å². The van der Waals surface area contributed by atoms with E-state index in [9.17, 15) is 14.4 Å². The van der Waals surface area contributed by atoms with E-state index in [1.165, 1.54) is 0 Å². The molecule has 1 heterocycles. The summed E-state index contributed by atoms with van der Waals surface area (Å²) in [5, 5.41) is 0. The molecular weight excluding hydrogens is 212 g/mol. The Morgan fingerprint density at radius 2 is 1.94 bits per heavy atom. The molecule has 1 rings (SSSR count). The predicted molar refractivity (Wildman–Crippen MR) is 54.2 cm³/mol. The molecule has 1 aromatic rings. The summed E-state index contributed by atoms with van der Waals surface area (Å²) in [4.78, 5) is 33.6. The highest BCUT2D eigenvalue weighted by atomic mass is 16.5. The minimum absolute atomic E-state index is 0.328. The lowest BCUT2D eigenvalue weighted by Gasteiger charge is -1.97. The van der Waals surface area contributed by atoms with Crippen molar-refractivity contribution in [3.8, 4) is 0 Å². The highest BCUT2D eigenvalue weighted by molar-refractivity contribution is 6.38. The quantitative estimate of drug-likeness (QED) is 0.332. The number of carbonyl (C=O) groups excluding carboxylic acids is 3. The lowest BCUT2D eigenvalue weighted by atomic mass is 10.1. The average molecular weight is 224 g/mol. The zero-order valence-electron chi connectivity index (χ0n) is 9.33. The number of furan rings is 1. The van der Waals surface area contributed by atoms with E-state index >= 15 is 0 Å². The van der Waals surface area contributed by atoms with Gasteiger partial charge in [-0.2, -0.15) is 0 Å². The van der Waals surface area contributed by atoms with Crippen LogP contribution in [0.4, 0.5) is 0 Å². The highest BCUT2D eigenvalue weighted by Gasteiger charge is 2.21. The van der Waals surface area contributed by atoms with Gasteiger partial charge >= 0.3 is 5.97 Å². The zero-order valence-corrected chi connectivity index (χ0v) is 9.33. The Bertz CT molecular complexity index is 441. The third-order valence-electron chi connectivity index (χ3n) is 2.08. The number of ether oxygens (including phenoxy) is 1. The van der Waals surface area contributed by atoms with Crippen LogP contribution in [0.25, 0.3) is 0 Å². The summed E-state index contributed by atoms with van der Waals surface area (Å²) in [7, 11) is 1.10. The molecule has 0 aliphatic carbocycles. The predicted octanol–water partition coefficient (Wildman–Crippen LogP) is 1.21. The number of carbonyl (C=O) groups is 3. The Morgan fingerprint density at radius 1 is 1.31 bits per heavy atom. The van der Waals surface area contributed by atoms with E-state index in [1.54, 1.807) is 19.9 Å². The lowest BCUT2D eigenvalue weighted by molar-refractivity contribution is -0.151. The van der Waals surface area contributed by atoms with Crippen LogP contribution in [0, 0.1) is 13.8 Å². The maximum absolute atomic E-state index is 11.6. The number of Topliss-reactive ketones (excluding diaryl/α,β-unsaturated/α-hetero) is 2. The fraction of sp³-hybridized carbons (Fsp3) is 0.364. The van der Waals surface area contributed by atoms with E-state index in [0.29, 0.717) is 17.1 Å². The Hall–Kier alpha value is -1.91. The van der Waals surface area contributed by atoms with Crippen LogP contribution in [0.15, 0.2) is 10.5 Å². The van der Waals surface area contributed by atoms with Gasteiger partial charge in [0.05, 0.1) is 19.1 Å². The molecule has 0 fully saturated rings. The van der Waals surface area contributed by atoms with Crippen LogP contribution >= 0.6 is 0 Å². The van der Waals surface area contributed by atoms with Gasteiger partial charge in [0.15, 0.2) is 5.78 Å². The first-order valence-corrected chi connectivity index (χ1v) is 4.67. The van der Waals surface area contributed by atoms with Crippen molar-refractivity contribution in [2.24, 2.45) is 0 Å². The molecule has 5 heteroatoms. The molecule has 0 saturated heterocycles. The fourth-order valence-corrected chi connectivity index (χ4v) is 1.33. The summed E-state index contributed by atoms with van der Waals surface area (Å²) >= 11 is 0. The molecule has 0 saturated carbocycles. The van der Waals surface area contributed by atoms with Crippen LogP contribution in [-0.4, -0.2) is 24.6 Å². The molecule has 0 aliphatic heterocycles. The SMILES string of the molecule is COC(=O)C(=O)CC(=O)c1cc(C)oc1C. The first-order valence-electron chi connectivity index (χ1n) is 4.67. The van der Waals surface area contributed by atoms with Crippen LogP contribution in [0.5, 0.6) is 0 Å². The van der Waals surface area contributed by atoms with Gasteiger partial charge in [0, 0.05) is 0 Å². The van der Waals surface area contributed by atoms with E-state index in [-0.39, 0.29) is 0 Å². The van der Waals surface area contributed by atoms with Crippen LogP contribution in [0.2, 0.25) is 0 Å². The van der Waals surface area contributed by atoms with Crippen molar-refractivity contribution in [1.82, 2.24) is 0 Å². The number of aryl methyl sites for hydroxylation is 2. The summed E-state index contributed by atoms with van der Waals surface area (Å²) in [5.74, 6) is -1.27. The standard InChI is InChI=1S/C11H12O5/c1-6-4-8(7(2)16-6)9(12)5-10(13)11(14)15-3/h4H,5H2,1-3H3. The third-order valence-corrected chi connectivity index (χ3v) is 2.08. The maximum atomic E-state index is 11.6. The van der Waals surface area contributed by atoms with E-state index in [4.69, 9.17) is 4.42 Å². The Morgan fingerprint density at radius 3 is 2.38 bits per heavy atom. The molecule has 0 aliphatic rings.